The summed E-state index contributed by atoms with van der Waals surface area (Å²) in [5.74, 6) is 2.11. The lowest BCUT2D eigenvalue weighted by molar-refractivity contribution is 0.418. The number of ether oxygens (including phenoxy) is 1. The number of hydrogen-bond donors (Lipinski definition) is 0. The van der Waals surface area contributed by atoms with Gasteiger partial charge in [0.15, 0.2) is 0 Å². The van der Waals surface area contributed by atoms with E-state index in [0.29, 0.717) is 0 Å². The Morgan fingerprint density at radius 3 is 1.66 bits per heavy atom. The maximum atomic E-state index is 6.25. The first kappa shape index (κ1) is 21.4. The molecule has 0 bridgehead atoms. The minimum Gasteiger partial charge on any atom is -0.457 e. The van der Waals surface area contributed by atoms with E-state index in [1.54, 1.807) is 0 Å². The molecule has 0 spiro atoms. The van der Waals surface area contributed by atoms with Crippen LogP contribution >= 0.6 is 0 Å². The molecule has 35 heavy (non-hydrogen) atoms. The fraction of sp³-hybridized carbons (Fsp3) is 0.118. The van der Waals surface area contributed by atoms with Crippen molar-refractivity contribution in [3.63, 3.8) is 0 Å². The number of rotatable bonds is 4. The first-order chi connectivity index (χ1) is 17.1. The summed E-state index contributed by atoms with van der Waals surface area (Å²) in [6.45, 7) is 4.56. The largest absolute Gasteiger partial charge is 0.457 e. The van der Waals surface area contributed by atoms with Gasteiger partial charge in [0.1, 0.15) is 11.5 Å². The summed E-state index contributed by atoms with van der Waals surface area (Å²) in [6, 6.07) is 45.5. The first-order valence-corrected chi connectivity index (χ1v) is 12.2. The maximum Gasteiger partial charge on any atom is 0.131 e. The van der Waals surface area contributed by atoms with Gasteiger partial charge in [-0.25, -0.2) is 0 Å². The molecule has 0 aliphatic carbocycles. The molecule has 1 heterocycles. The minimum absolute atomic E-state index is 0.119. The highest BCUT2D eigenvalue weighted by Gasteiger charge is 2.34. The van der Waals surface area contributed by atoms with Crippen LogP contribution in [0.25, 0.3) is 11.1 Å². The summed E-state index contributed by atoms with van der Waals surface area (Å²) in [5, 5.41) is 0. The van der Waals surface area contributed by atoms with Crippen LogP contribution in [0.2, 0.25) is 0 Å². The van der Waals surface area contributed by atoms with Crippen molar-refractivity contribution in [2.75, 3.05) is 0 Å². The molecule has 5 aromatic rings. The molecule has 0 N–H and O–H groups in total. The lowest BCUT2D eigenvalue weighted by Crippen LogP contribution is -2.24. The normalized spacial score (nSPS) is 13.6. The average molecular weight is 453 g/mol. The molecule has 0 atom stereocenters. The Balaban J connectivity index is 1.37. The molecular weight excluding hydrogens is 424 g/mol. The number of para-hydroxylation sites is 1. The Labute approximate surface area is 207 Å². The lowest BCUT2D eigenvalue weighted by atomic mass is 9.75. The topological polar surface area (TPSA) is 9.23 Å². The van der Waals surface area contributed by atoms with Crippen LogP contribution in [0, 0.1) is 0 Å². The number of fused-ring (bicyclic) bond motifs is 2. The highest BCUT2D eigenvalue weighted by molar-refractivity contribution is 5.69. The molecule has 170 valence electrons. The predicted molar refractivity (Wildman–Crippen MR) is 144 cm³/mol. The predicted octanol–water partition coefficient (Wildman–Crippen LogP) is 8.97. The van der Waals surface area contributed by atoms with Crippen LogP contribution in [0.3, 0.4) is 0 Å². The van der Waals surface area contributed by atoms with E-state index in [2.05, 4.69) is 135 Å². The number of hydrogen-bond acceptors (Lipinski definition) is 1. The van der Waals surface area contributed by atoms with E-state index >= 15 is 0 Å². The molecule has 0 saturated heterocycles. The van der Waals surface area contributed by atoms with Gasteiger partial charge in [-0.1, -0.05) is 123 Å². The van der Waals surface area contributed by atoms with Crippen LogP contribution < -0.4 is 4.74 Å². The third-order valence-corrected chi connectivity index (χ3v) is 7.28. The van der Waals surface area contributed by atoms with Gasteiger partial charge >= 0.3 is 0 Å². The van der Waals surface area contributed by atoms with Crippen molar-refractivity contribution in [3.05, 3.63) is 155 Å². The van der Waals surface area contributed by atoms with E-state index in [4.69, 9.17) is 4.74 Å². The van der Waals surface area contributed by atoms with E-state index in [0.717, 1.165) is 11.5 Å². The van der Waals surface area contributed by atoms with Gasteiger partial charge in [-0.15, -0.1) is 0 Å². The van der Waals surface area contributed by atoms with E-state index in [-0.39, 0.29) is 11.3 Å². The molecule has 0 saturated carbocycles. The molecule has 1 aliphatic heterocycles. The molecule has 6 rings (SSSR count). The van der Waals surface area contributed by atoms with Gasteiger partial charge in [0.25, 0.3) is 0 Å². The van der Waals surface area contributed by atoms with E-state index < -0.39 is 0 Å². The molecule has 1 aliphatic rings. The van der Waals surface area contributed by atoms with Crippen LogP contribution in [-0.4, -0.2) is 0 Å². The quantitative estimate of drug-likeness (QED) is 0.247. The van der Waals surface area contributed by atoms with Crippen molar-refractivity contribution >= 4 is 0 Å². The van der Waals surface area contributed by atoms with Crippen molar-refractivity contribution in [1.82, 2.24) is 0 Å². The average Bonchev–Trinajstić information content (AvgIpc) is 2.91. The zero-order chi connectivity index (χ0) is 23.8. The Hall–Kier alpha value is -4.10. The van der Waals surface area contributed by atoms with Crippen LogP contribution in [-0.2, 0) is 5.41 Å². The summed E-state index contributed by atoms with van der Waals surface area (Å²) >= 11 is 0. The standard InChI is InChI=1S/C34H28O/c1-34(2)29-15-9-10-16-31(29)35-32-22-21-28(23-30(32)34)24-17-19-27(20-18-24)33(25-11-5-3-6-12-25)26-13-7-4-8-14-26/h3-23,33H,1-2H3. The summed E-state index contributed by atoms with van der Waals surface area (Å²) in [4.78, 5) is 0. The highest BCUT2D eigenvalue weighted by Crippen LogP contribution is 2.48. The monoisotopic (exact) mass is 452 g/mol. The highest BCUT2D eigenvalue weighted by atomic mass is 16.5. The van der Waals surface area contributed by atoms with Crippen LogP contribution in [0.4, 0.5) is 0 Å². The smallest absolute Gasteiger partial charge is 0.131 e. The van der Waals surface area contributed by atoms with Crippen molar-refractivity contribution in [1.29, 1.82) is 0 Å². The Kier molecular flexibility index (Phi) is 5.26. The van der Waals surface area contributed by atoms with Gasteiger partial charge in [0.2, 0.25) is 0 Å². The second-order valence-corrected chi connectivity index (χ2v) is 9.81. The Morgan fingerprint density at radius 2 is 1.00 bits per heavy atom. The summed E-state index contributed by atoms with van der Waals surface area (Å²) in [6.07, 6.45) is 0. The van der Waals surface area contributed by atoms with E-state index in [1.165, 1.54) is 38.9 Å². The molecule has 1 nitrogen and oxygen atoms in total. The van der Waals surface area contributed by atoms with Crippen LogP contribution in [0.15, 0.2) is 127 Å². The van der Waals surface area contributed by atoms with Crippen molar-refractivity contribution < 1.29 is 4.74 Å². The van der Waals surface area contributed by atoms with Crippen LogP contribution in [0.1, 0.15) is 47.6 Å². The van der Waals surface area contributed by atoms with E-state index in [1.807, 2.05) is 6.07 Å². The third kappa shape index (κ3) is 3.84. The summed E-state index contributed by atoms with van der Waals surface area (Å²) in [7, 11) is 0. The fourth-order valence-corrected chi connectivity index (χ4v) is 5.36. The lowest BCUT2D eigenvalue weighted by Gasteiger charge is -2.34. The molecule has 0 fully saturated rings. The zero-order valence-corrected chi connectivity index (χ0v) is 20.1. The molecule has 5 aromatic carbocycles. The van der Waals surface area contributed by atoms with Gasteiger partial charge in [0, 0.05) is 22.5 Å². The SMILES string of the molecule is CC1(C)c2ccccc2Oc2ccc(-c3ccc(C(c4ccccc4)c4ccccc4)cc3)cc21. The van der Waals surface area contributed by atoms with Crippen LogP contribution in [0.5, 0.6) is 11.5 Å². The maximum absolute atomic E-state index is 6.25. The first-order valence-electron chi connectivity index (χ1n) is 12.2. The van der Waals surface area contributed by atoms with Gasteiger partial charge in [0.05, 0.1) is 0 Å². The molecule has 0 radical (unpaired) electrons. The molecular formula is C34H28O. The Morgan fingerprint density at radius 1 is 0.486 bits per heavy atom. The van der Waals surface area contributed by atoms with Gasteiger partial charge in [-0.2, -0.15) is 0 Å². The molecule has 0 unspecified atom stereocenters. The van der Waals surface area contributed by atoms with Gasteiger partial charge in [-0.3, -0.25) is 0 Å². The fourth-order valence-electron chi connectivity index (χ4n) is 5.36. The Bertz CT molecular complexity index is 1430. The van der Waals surface area contributed by atoms with Crippen molar-refractivity contribution in [2.24, 2.45) is 0 Å². The summed E-state index contributed by atoms with van der Waals surface area (Å²) in [5.41, 5.74) is 8.66. The van der Waals surface area contributed by atoms with Crippen molar-refractivity contribution in [3.8, 4) is 22.6 Å². The second kappa shape index (κ2) is 8.60. The summed E-state index contributed by atoms with van der Waals surface area (Å²) < 4.78 is 6.25. The minimum atomic E-state index is -0.119. The van der Waals surface area contributed by atoms with E-state index in [9.17, 15) is 0 Å². The molecule has 1 heteroatoms. The van der Waals surface area contributed by atoms with Crippen molar-refractivity contribution in [2.45, 2.75) is 25.2 Å². The number of benzene rings is 5. The van der Waals surface area contributed by atoms with Gasteiger partial charge < -0.3 is 4.74 Å². The van der Waals surface area contributed by atoms with Gasteiger partial charge in [-0.05, 0) is 46.0 Å². The molecule has 0 aromatic heterocycles. The second-order valence-electron chi connectivity index (χ2n) is 9.81. The zero-order valence-electron chi connectivity index (χ0n) is 20.1. The molecule has 0 amide bonds. The third-order valence-electron chi connectivity index (χ3n) is 7.28.